The Morgan fingerprint density at radius 3 is 2.30 bits per heavy atom. The minimum absolute atomic E-state index is 0.0509. The van der Waals surface area contributed by atoms with E-state index in [1.54, 1.807) is 20.9 Å². The second kappa shape index (κ2) is 5.92. The van der Waals surface area contributed by atoms with E-state index in [9.17, 15) is 13.2 Å². The molecule has 0 amide bonds. The third kappa shape index (κ3) is 3.57. The number of carboxylic acids is 1. The van der Waals surface area contributed by atoms with E-state index >= 15 is 0 Å². The number of hydrogen-bond donors (Lipinski definition) is 2. The lowest BCUT2D eigenvalue weighted by molar-refractivity contribution is -0.139. The Balaban J connectivity index is 3.13. The van der Waals surface area contributed by atoms with Gasteiger partial charge in [-0.05, 0) is 26.2 Å². The zero-order chi connectivity index (χ0) is 15.7. The summed E-state index contributed by atoms with van der Waals surface area (Å²) in [7, 11) is -2.26. The topological polar surface area (TPSA) is 101 Å². The molecule has 1 aromatic heterocycles. The maximum atomic E-state index is 12.4. The van der Waals surface area contributed by atoms with Gasteiger partial charge in [0.1, 0.15) is 10.9 Å². The Kier molecular flexibility index (Phi) is 4.93. The number of hydrogen-bond acceptors (Lipinski definition) is 4. The van der Waals surface area contributed by atoms with Crippen molar-refractivity contribution in [3.05, 3.63) is 11.4 Å². The van der Waals surface area contributed by atoms with E-state index in [0.717, 1.165) is 0 Å². The highest BCUT2D eigenvalue weighted by atomic mass is 32.2. The van der Waals surface area contributed by atoms with Crippen LogP contribution in [0, 0.1) is 19.8 Å². The number of aromatic nitrogens is 2. The Morgan fingerprint density at radius 2 is 1.95 bits per heavy atom. The van der Waals surface area contributed by atoms with Gasteiger partial charge in [0.25, 0.3) is 0 Å². The summed E-state index contributed by atoms with van der Waals surface area (Å²) >= 11 is 0. The van der Waals surface area contributed by atoms with Crippen LogP contribution in [0.4, 0.5) is 0 Å². The van der Waals surface area contributed by atoms with Gasteiger partial charge >= 0.3 is 5.97 Å². The number of carbonyl (C=O) groups is 1. The van der Waals surface area contributed by atoms with Crippen LogP contribution >= 0.6 is 0 Å². The number of nitrogens with one attached hydrogen (secondary N) is 1. The SMILES string of the molecule is Cc1nn(C)c(C)c1S(=O)(=O)N[C@@H](CC(C)C)C(=O)O. The summed E-state index contributed by atoms with van der Waals surface area (Å²) in [5.41, 5.74) is 0.829. The Morgan fingerprint density at radius 1 is 1.40 bits per heavy atom. The van der Waals surface area contributed by atoms with Crippen molar-refractivity contribution in [1.82, 2.24) is 14.5 Å². The second-order valence-corrected chi connectivity index (χ2v) is 6.92. The van der Waals surface area contributed by atoms with Crippen molar-refractivity contribution in [3.8, 4) is 0 Å². The number of rotatable bonds is 6. The van der Waals surface area contributed by atoms with E-state index in [2.05, 4.69) is 9.82 Å². The van der Waals surface area contributed by atoms with Crippen molar-refractivity contribution in [3.63, 3.8) is 0 Å². The van der Waals surface area contributed by atoms with Crippen LogP contribution in [0.3, 0.4) is 0 Å². The third-order valence-electron chi connectivity index (χ3n) is 3.01. The minimum Gasteiger partial charge on any atom is -0.480 e. The van der Waals surface area contributed by atoms with E-state index in [0.29, 0.717) is 11.4 Å². The van der Waals surface area contributed by atoms with Crippen molar-refractivity contribution < 1.29 is 18.3 Å². The van der Waals surface area contributed by atoms with Gasteiger partial charge < -0.3 is 5.11 Å². The maximum absolute atomic E-state index is 12.4. The molecule has 0 saturated heterocycles. The normalized spacial score (nSPS) is 13.7. The molecule has 1 aromatic rings. The van der Waals surface area contributed by atoms with E-state index in [1.165, 1.54) is 4.68 Å². The van der Waals surface area contributed by atoms with Crippen molar-refractivity contribution in [2.24, 2.45) is 13.0 Å². The molecule has 0 aromatic carbocycles. The lowest BCUT2D eigenvalue weighted by Gasteiger charge is -2.16. The fourth-order valence-corrected chi connectivity index (χ4v) is 3.70. The first-order valence-corrected chi connectivity index (χ1v) is 7.80. The molecular formula is C12H21N3O4S. The highest BCUT2D eigenvalue weighted by molar-refractivity contribution is 7.89. The molecule has 0 spiro atoms. The van der Waals surface area contributed by atoms with E-state index in [4.69, 9.17) is 5.11 Å². The van der Waals surface area contributed by atoms with Crippen LogP contribution in [0.15, 0.2) is 4.90 Å². The zero-order valence-corrected chi connectivity index (χ0v) is 13.2. The lowest BCUT2D eigenvalue weighted by Crippen LogP contribution is -2.41. The van der Waals surface area contributed by atoms with Gasteiger partial charge in [0.15, 0.2) is 0 Å². The average molecular weight is 303 g/mol. The number of sulfonamides is 1. The molecule has 0 aliphatic heterocycles. The van der Waals surface area contributed by atoms with E-state index in [-0.39, 0.29) is 17.2 Å². The number of nitrogens with zero attached hydrogens (tertiary/aromatic N) is 2. The van der Waals surface area contributed by atoms with Crippen LogP contribution < -0.4 is 4.72 Å². The molecule has 0 aliphatic carbocycles. The highest BCUT2D eigenvalue weighted by Gasteiger charge is 2.30. The predicted octanol–water partition coefficient (Wildman–Crippen LogP) is 0.815. The van der Waals surface area contributed by atoms with Gasteiger partial charge in [-0.1, -0.05) is 13.8 Å². The summed E-state index contributed by atoms with van der Waals surface area (Å²) in [6.07, 6.45) is 0.229. The molecule has 0 aliphatic rings. The van der Waals surface area contributed by atoms with Crippen molar-refractivity contribution >= 4 is 16.0 Å². The lowest BCUT2D eigenvalue weighted by atomic mass is 10.1. The third-order valence-corrected chi connectivity index (χ3v) is 4.74. The molecular weight excluding hydrogens is 282 g/mol. The van der Waals surface area contributed by atoms with Gasteiger partial charge in [0.2, 0.25) is 10.0 Å². The molecule has 1 atom stereocenters. The molecule has 114 valence electrons. The summed E-state index contributed by atoms with van der Waals surface area (Å²) in [6.45, 7) is 6.89. The number of carboxylic acid groups (broad SMARTS) is 1. The molecule has 0 radical (unpaired) electrons. The first-order chi connectivity index (χ1) is 9.06. The summed E-state index contributed by atoms with van der Waals surface area (Å²) in [6, 6.07) is -1.14. The van der Waals surface area contributed by atoms with Gasteiger partial charge in [-0.3, -0.25) is 9.48 Å². The molecule has 1 heterocycles. The predicted molar refractivity (Wildman–Crippen MR) is 73.9 cm³/mol. The standard InChI is InChI=1S/C12H21N3O4S/c1-7(2)6-10(12(16)17)14-20(18,19)11-8(3)13-15(5)9(11)4/h7,10,14H,6H2,1-5H3,(H,16,17)/t10-/m0/s1. The zero-order valence-electron chi connectivity index (χ0n) is 12.3. The number of aliphatic carboxylic acids is 1. The summed E-state index contributed by atoms with van der Waals surface area (Å²) in [4.78, 5) is 11.2. The molecule has 1 rings (SSSR count). The van der Waals surface area contributed by atoms with Crippen molar-refractivity contribution in [2.75, 3.05) is 0 Å². The average Bonchev–Trinajstić information content (AvgIpc) is 2.51. The Bertz CT molecular complexity index is 604. The van der Waals surface area contributed by atoms with Gasteiger partial charge in [0.05, 0.1) is 11.4 Å². The van der Waals surface area contributed by atoms with Crippen LogP contribution in [-0.4, -0.2) is 35.3 Å². The van der Waals surface area contributed by atoms with E-state index in [1.807, 2.05) is 13.8 Å². The van der Waals surface area contributed by atoms with Gasteiger partial charge in [-0.2, -0.15) is 9.82 Å². The van der Waals surface area contributed by atoms with Crippen LogP contribution in [0.1, 0.15) is 31.7 Å². The Labute approximate surface area is 119 Å². The molecule has 20 heavy (non-hydrogen) atoms. The monoisotopic (exact) mass is 303 g/mol. The fourth-order valence-electron chi connectivity index (χ4n) is 2.06. The van der Waals surface area contributed by atoms with E-state index < -0.39 is 22.0 Å². The van der Waals surface area contributed by atoms with Crippen molar-refractivity contribution in [1.29, 1.82) is 0 Å². The van der Waals surface area contributed by atoms with Crippen molar-refractivity contribution in [2.45, 2.75) is 45.1 Å². The largest absolute Gasteiger partial charge is 0.480 e. The van der Waals surface area contributed by atoms with Gasteiger partial charge in [-0.25, -0.2) is 8.42 Å². The van der Waals surface area contributed by atoms with Crippen LogP contribution in [-0.2, 0) is 21.9 Å². The fraction of sp³-hybridized carbons (Fsp3) is 0.667. The molecule has 7 nitrogen and oxygen atoms in total. The molecule has 0 fully saturated rings. The molecule has 0 saturated carbocycles. The summed E-state index contributed by atoms with van der Waals surface area (Å²) in [5, 5.41) is 13.2. The molecule has 8 heteroatoms. The highest BCUT2D eigenvalue weighted by Crippen LogP contribution is 2.19. The van der Waals surface area contributed by atoms with Gasteiger partial charge in [-0.15, -0.1) is 0 Å². The summed E-state index contributed by atoms with van der Waals surface area (Å²) < 4.78 is 28.4. The van der Waals surface area contributed by atoms with Crippen LogP contribution in [0.25, 0.3) is 0 Å². The first-order valence-electron chi connectivity index (χ1n) is 6.31. The second-order valence-electron chi connectivity index (χ2n) is 5.27. The first kappa shape index (κ1) is 16.6. The smallest absolute Gasteiger partial charge is 0.321 e. The molecule has 2 N–H and O–H groups in total. The van der Waals surface area contributed by atoms with Gasteiger partial charge in [0, 0.05) is 7.05 Å². The molecule has 0 unspecified atom stereocenters. The number of aryl methyl sites for hydroxylation is 2. The maximum Gasteiger partial charge on any atom is 0.321 e. The quantitative estimate of drug-likeness (QED) is 0.810. The minimum atomic E-state index is -3.90. The molecule has 0 bridgehead atoms. The van der Waals surface area contributed by atoms with Crippen LogP contribution in [0.5, 0.6) is 0 Å². The summed E-state index contributed by atoms with van der Waals surface area (Å²) in [5.74, 6) is -1.11. The Hall–Kier alpha value is -1.41. The van der Waals surface area contributed by atoms with Crippen LogP contribution in [0.2, 0.25) is 0 Å².